The van der Waals surface area contributed by atoms with E-state index in [9.17, 15) is 16.8 Å². The van der Waals surface area contributed by atoms with E-state index in [2.05, 4.69) is 9.44 Å². The number of sulfonamides is 2. The van der Waals surface area contributed by atoms with E-state index in [1.54, 1.807) is 59.7 Å². The highest BCUT2D eigenvalue weighted by Crippen LogP contribution is 2.32. The molecular weight excluding hydrogens is 420 g/mol. The Hall–Kier alpha value is -2.00. The Kier molecular flexibility index (Phi) is 5.52. The molecule has 0 atom stereocenters. The summed E-state index contributed by atoms with van der Waals surface area (Å²) < 4.78 is 57.4. The zero-order chi connectivity index (χ0) is 22.5. The van der Waals surface area contributed by atoms with Crippen LogP contribution in [0.4, 0.5) is 0 Å². The van der Waals surface area contributed by atoms with Gasteiger partial charge in [0.05, 0.1) is 9.79 Å². The molecular formula is C22H28N2O4S2. The van der Waals surface area contributed by atoms with Crippen LogP contribution in [0.25, 0.3) is 21.5 Å². The van der Waals surface area contributed by atoms with Crippen LogP contribution in [0.15, 0.2) is 58.3 Å². The standard InChI is InChI=1S/C22H28N2O4S2/c1-21(2,3)23-29(25,26)19-11-7-9-15-13-16-10-8-12-20(18(16)14-17(15)19)30(27,28)24-22(4,5)6/h7-14,23-24H,1-6H3. The van der Waals surface area contributed by atoms with Crippen LogP contribution in [0.5, 0.6) is 0 Å². The second-order valence-corrected chi connectivity index (χ2v) is 12.8. The topological polar surface area (TPSA) is 92.3 Å². The van der Waals surface area contributed by atoms with E-state index in [4.69, 9.17) is 0 Å². The molecule has 2 N–H and O–H groups in total. The van der Waals surface area contributed by atoms with Crippen LogP contribution in [-0.4, -0.2) is 27.9 Å². The van der Waals surface area contributed by atoms with Crippen molar-refractivity contribution in [1.82, 2.24) is 9.44 Å². The minimum atomic E-state index is -3.81. The first-order valence-electron chi connectivity index (χ1n) is 9.63. The van der Waals surface area contributed by atoms with Gasteiger partial charge < -0.3 is 0 Å². The first kappa shape index (κ1) is 22.7. The van der Waals surface area contributed by atoms with E-state index in [-0.39, 0.29) is 9.79 Å². The van der Waals surface area contributed by atoms with Crippen molar-refractivity contribution in [3.63, 3.8) is 0 Å². The van der Waals surface area contributed by atoms with Crippen molar-refractivity contribution in [2.45, 2.75) is 62.4 Å². The van der Waals surface area contributed by atoms with Crippen LogP contribution in [0.3, 0.4) is 0 Å². The van der Waals surface area contributed by atoms with Crippen molar-refractivity contribution in [3.05, 3.63) is 48.5 Å². The van der Waals surface area contributed by atoms with E-state index >= 15 is 0 Å². The average Bonchev–Trinajstić information content (AvgIpc) is 2.54. The molecule has 0 aliphatic heterocycles. The van der Waals surface area contributed by atoms with E-state index < -0.39 is 31.1 Å². The van der Waals surface area contributed by atoms with Crippen LogP contribution in [0.2, 0.25) is 0 Å². The van der Waals surface area contributed by atoms with Crippen molar-refractivity contribution >= 4 is 41.6 Å². The van der Waals surface area contributed by atoms with E-state index in [1.807, 2.05) is 18.2 Å². The second-order valence-electron chi connectivity index (χ2n) is 9.52. The minimum absolute atomic E-state index is 0.118. The van der Waals surface area contributed by atoms with Gasteiger partial charge in [-0.1, -0.05) is 24.3 Å². The third-order valence-electron chi connectivity index (χ3n) is 4.26. The fourth-order valence-corrected chi connectivity index (χ4v) is 6.66. The van der Waals surface area contributed by atoms with E-state index in [0.717, 1.165) is 10.8 Å². The van der Waals surface area contributed by atoms with Crippen LogP contribution in [-0.2, 0) is 20.0 Å². The summed E-state index contributed by atoms with van der Waals surface area (Å²) in [6.07, 6.45) is 0. The number of rotatable bonds is 4. The fraction of sp³-hybridized carbons (Fsp3) is 0.364. The molecule has 0 bridgehead atoms. The summed E-state index contributed by atoms with van der Waals surface area (Å²) in [6, 6.07) is 13.6. The lowest BCUT2D eigenvalue weighted by atomic mass is 10.0. The molecule has 0 aliphatic carbocycles. The van der Waals surface area contributed by atoms with Gasteiger partial charge in [0, 0.05) is 21.9 Å². The number of fused-ring (bicyclic) bond motifs is 2. The smallest absolute Gasteiger partial charge is 0.207 e. The Morgan fingerprint density at radius 3 is 1.30 bits per heavy atom. The van der Waals surface area contributed by atoms with Gasteiger partial charge in [0.1, 0.15) is 0 Å². The summed E-state index contributed by atoms with van der Waals surface area (Å²) in [4.78, 5) is 0.237. The molecule has 3 aromatic carbocycles. The van der Waals surface area contributed by atoms with Crippen LogP contribution in [0.1, 0.15) is 41.5 Å². The molecule has 0 saturated carbocycles. The van der Waals surface area contributed by atoms with Gasteiger partial charge in [0.25, 0.3) is 0 Å². The summed E-state index contributed by atoms with van der Waals surface area (Å²) >= 11 is 0. The van der Waals surface area contributed by atoms with Gasteiger partial charge in [-0.15, -0.1) is 0 Å². The van der Waals surface area contributed by atoms with Crippen LogP contribution >= 0.6 is 0 Å². The molecule has 0 fully saturated rings. The molecule has 30 heavy (non-hydrogen) atoms. The minimum Gasteiger partial charge on any atom is -0.207 e. The summed E-state index contributed by atoms with van der Waals surface area (Å²) in [7, 11) is -7.61. The Balaban J connectivity index is 2.32. The summed E-state index contributed by atoms with van der Waals surface area (Å²) in [5, 5.41) is 2.38. The summed E-state index contributed by atoms with van der Waals surface area (Å²) in [5.74, 6) is 0. The van der Waals surface area contributed by atoms with Crippen molar-refractivity contribution in [2.24, 2.45) is 0 Å². The summed E-state index contributed by atoms with van der Waals surface area (Å²) in [6.45, 7) is 10.6. The zero-order valence-corrected chi connectivity index (χ0v) is 19.7. The largest absolute Gasteiger partial charge is 0.241 e. The molecule has 8 heteroatoms. The van der Waals surface area contributed by atoms with Crippen LogP contribution < -0.4 is 9.44 Å². The van der Waals surface area contributed by atoms with Gasteiger partial charge >= 0.3 is 0 Å². The van der Waals surface area contributed by atoms with Crippen LogP contribution in [0, 0.1) is 0 Å². The predicted molar refractivity (Wildman–Crippen MR) is 122 cm³/mol. The third kappa shape index (κ3) is 4.83. The van der Waals surface area contributed by atoms with Gasteiger partial charge in [-0.05, 0) is 76.6 Å². The van der Waals surface area contributed by atoms with Gasteiger partial charge in [0.2, 0.25) is 20.0 Å². The molecule has 0 unspecified atom stereocenters. The monoisotopic (exact) mass is 448 g/mol. The van der Waals surface area contributed by atoms with Gasteiger partial charge in [-0.3, -0.25) is 0 Å². The molecule has 0 heterocycles. The molecule has 0 aliphatic rings. The maximum absolute atomic E-state index is 13.0. The number of hydrogen-bond acceptors (Lipinski definition) is 4. The molecule has 6 nitrogen and oxygen atoms in total. The normalized spacial score (nSPS) is 13.8. The van der Waals surface area contributed by atoms with Gasteiger partial charge in [-0.25, -0.2) is 26.3 Å². The molecule has 3 rings (SSSR count). The molecule has 0 spiro atoms. The SMILES string of the molecule is CC(C)(C)NS(=O)(=O)c1cccc2cc3cccc(S(=O)(=O)NC(C)(C)C)c3cc12. The quantitative estimate of drug-likeness (QED) is 0.587. The number of nitrogens with one attached hydrogen (secondary N) is 2. The second kappa shape index (κ2) is 7.30. The molecule has 0 radical (unpaired) electrons. The highest BCUT2D eigenvalue weighted by Gasteiger charge is 2.26. The zero-order valence-electron chi connectivity index (χ0n) is 18.1. The fourth-order valence-electron chi connectivity index (χ4n) is 3.38. The van der Waals surface area contributed by atoms with Crippen molar-refractivity contribution in [1.29, 1.82) is 0 Å². The van der Waals surface area contributed by atoms with E-state index in [1.165, 1.54) is 12.1 Å². The lowest BCUT2D eigenvalue weighted by Gasteiger charge is -2.22. The van der Waals surface area contributed by atoms with E-state index in [0.29, 0.717) is 10.8 Å². The molecule has 0 saturated heterocycles. The maximum Gasteiger partial charge on any atom is 0.241 e. The predicted octanol–water partition coefficient (Wildman–Crippen LogP) is 4.15. The Morgan fingerprint density at radius 1 is 0.600 bits per heavy atom. The summed E-state index contributed by atoms with van der Waals surface area (Å²) in [5.41, 5.74) is -1.30. The lowest BCUT2D eigenvalue weighted by molar-refractivity contribution is 0.490. The first-order chi connectivity index (χ1) is 13.6. The van der Waals surface area contributed by atoms with Gasteiger partial charge in [-0.2, -0.15) is 0 Å². The molecule has 162 valence electrons. The Bertz CT molecular complexity index is 1230. The Labute approximate surface area is 178 Å². The van der Waals surface area contributed by atoms with Crippen molar-refractivity contribution in [3.8, 4) is 0 Å². The molecule has 0 amide bonds. The number of hydrogen-bond donors (Lipinski definition) is 2. The van der Waals surface area contributed by atoms with Gasteiger partial charge in [0.15, 0.2) is 0 Å². The first-order valence-corrected chi connectivity index (χ1v) is 12.6. The highest BCUT2D eigenvalue weighted by atomic mass is 32.2. The number of benzene rings is 3. The third-order valence-corrected chi connectivity index (χ3v) is 7.89. The van der Waals surface area contributed by atoms with Crippen molar-refractivity contribution in [2.75, 3.05) is 0 Å². The Morgan fingerprint density at radius 2 is 0.967 bits per heavy atom. The lowest BCUT2D eigenvalue weighted by Crippen LogP contribution is -2.40. The van der Waals surface area contributed by atoms with Crippen molar-refractivity contribution < 1.29 is 16.8 Å². The average molecular weight is 449 g/mol. The molecule has 0 aromatic heterocycles. The highest BCUT2D eigenvalue weighted by molar-refractivity contribution is 7.90. The molecule has 3 aromatic rings. The maximum atomic E-state index is 13.0.